The maximum absolute atomic E-state index is 12.7. The number of hydrogen-bond acceptors (Lipinski definition) is 6. The number of aliphatic hydroxyl groups excluding tert-OH is 2. The topological polar surface area (TPSA) is 93.1 Å². The van der Waals surface area contributed by atoms with E-state index in [4.69, 9.17) is 9.47 Å². The molecule has 3 unspecified atom stereocenters. The molecule has 0 saturated heterocycles. The van der Waals surface area contributed by atoms with Gasteiger partial charge >= 0.3 is 11.9 Å². The Bertz CT molecular complexity index is 806. The number of fused-ring (bicyclic) bond motifs is 5. The Labute approximate surface area is 145 Å². The predicted molar refractivity (Wildman–Crippen MR) is 86.6 cm³/mol. The van der Waals surface area contributed by atoms with E-state index in [1.807, 2.05) is 6.07 Å². The van der Waals surface area contributed by atoms with Crippen molar-refractivity contribution in [1.82, 2.24) is 0 Å². The van der Waals surface area contributed by atoms with Crippen LogP contribution in [-0.2, 0) is 19.7 Å². The summed E-state index contributed by atoms with van der Waals surface area (Å²) in [7, 11) is 0. The molecule has 0 saturated carbocycles. The first-order valence-electron chi connectivity index (χ1n) is 8.42. The molecule has 3 atom stereocenters. The van der Waals surface area contributed by atoms with Gasteiger partial charge in [-0.05, 0) is 29.4 Å². The van der Waals surface area contributed by atoms with Gasteiger partial charge in [-0.3, -0.25) is 4.79 Å². The zero-order valence-electron chi connectivity index (χ0n) is 14.1. The van der Waals surface area contributed by atoms with Gasteiger partial charge in [0.15, 0.2) is 0 Å². The van der Waals surface area contributed by atoms with Crippen LogP contribution < -0.4 is 0 Å². The highest BCUT2D eigenvalue weighted by Crippen LogP contribution is 2.48. The van der Waals surface area contributed by atoms with Crippen molar-refractivity contribution in [1.29, 1.82) is 0 Å². The number of rotatable bonds is 1. The molecular formula is C19H20O6. The summed E-state index contributed by atoms with van der Waals surface area (Å²) in [6.45, 7) is 3.79. The van der Waals surface area contributed by atoms with Gasteiger partial charge in [0.25, 0.3) is 0 Å². The monoisotopic (exact) mass is 344 g/mol. The molecule has 132 valence electrons. The van der Waals surface area contributed by atoms with E-state index in [-0.39, 0.29) is 17.6 Å². The van der Waals surface area contributed by atoms with Gasteiger partial charge in [0, 0.05) is 11.1 Å². The van der Waals surface area contributed by atoms with Crippen LogP contribution in [0.3, 0.4) is 0 Å². The summed E-state index contributed by atoms with van der Waals surface area (Å²) < 4.78 is 10.7. The minimum atomic E-state index is -0.845. The molecule has 0 bridgehead atoms. The highest BCUT2D eigenvalue weighted by Gasteiger charge is 2.47. The number of carbonyl (C=O) groups excluding carboxylic acids is 2. The lowest BCUT2D eigenvalue weighted by atomic mass is 9.69. The molecule has 6 heteroatoms. The van der Waals surface area contributed by atoms with Gasteiger partial charge in [-0.2, -0.15) is 0 Å². The Morgan fingerprint density at radius 3 is 2.76 bits per heavy atom. The smallest absolute Gasteiger partial charge is 0.346 e. The summed E-state index contributed by atoms with van der Waals surface area (Å²) in [5, 5.41) is 20.0. The van der Waals surface area contributed by atoms with Gasteiger partial charge in [0.05, 0.1) is 24.5 Å². The third kappa shape index (κ3) is 2.24. The van der Waals surface area contributed by atoms with E-state index in [0.29, 0.717) is 23.1 Å². The molecule has 2 heterocycles. The third-order valence-electron chi connectivity index (χ3n) is 5.59. The Hall–Kier alpha value is -2.18. The second kappa shape index (κ2) is 5.41. The number of hydrogen-bond donors (Lipinski definition) is 2. The van der Waals surface area contributed by atoms with E-state index in [0.717, 1.165) is 12.0 Å². The van der Waals surface area contributed by atoms with Gasteiger partial charge < -0.3 is 19.7 Å². The quantitative estimate of drug-likeness (QED) is 0.598. The van der Waals surface area contributed by atoms with Gasteiger partial charge in [-0.1, -0.05) is 26.0 Å². The van der Waals surface area contributed by atoms with Crippen molar-refractivity contribution in [2.45, 2.75) is 44.3 Å². The van der Waals surface area contributed by atoms with E-state index >= 15 is 0 Å². The third-order valence-corrected chi connectivity index (χ3v) is 5.59. The van der Waals surface area contributed by atoms with Gasteiger partial charge in [-0.25, -0.2) is 4.79 Å². The van der Waals surface area contributed by atoms with Crippen molar-refractivity contribution in [3.63, 3.8) is 0 Å². The summed E-state index contributed by atoms with van der Waals surface area (Å²) in [5.74, 6) is -2.34. The molecule has 1 aromatic rings. The van der Waals surface area contributed by atoms with Crippen LogP contribution in [0.15, 0.2) is 24.0 Å². The minimum absolute atomic E-state index is 0.190. The number of ether oxygens (including phenoxy) is 2. The van der Waals surface area contributed by atoms with Gasteiger partial charge in [-0.15, -0.1) is 0 Å². The first-order chi connectivity index (χ1) is 11.8. The second-order valence-electron chi connectivity index (χ2n) is 7.52. The lowest BCUT2D eigenvalue weighted by molar-refractivity contribution is -0.143. The van der Waals surface area contributed by atoms with Crippen molar-refractivity contribution >= 4 is 11.9 Å². The van der Waals surface area contributed by atoms with Crippen LogP contribution in [0.5, 0.6) is 0 Å². The molecule has 0 aromatic heterocycles. The largest absolute Gasteiger partial charge is 0.492 e. The summed E-state index contributed by atoms with van der Waals surface area (Å²) in [6, 6.07) is 3.68. The first-order valence-corrected chi connectivity index (χ1v) is 8.42. The lowest BCUT2D eigenvalue weighted by Gasteiger charge is -2.36. The molecular weight excluding hydrogens is 324 g/mol. The molecule has 2 N–H and O–H groups in total. The molecule has 1 aliphatic carbocycles. The fraction of sp³-hybridized carbons (Fsp3) is 0.474. The van der Waals surface area contributed by atoms with Crippen molar-refractivity contribution < 1.29 is 29.3 Å². The van der Waals surface area contributed by atoms with Crippen LogP contribution >= 0.6 is 0 Å². The summed E-state index contributed by atoms with van der Waals surface area (Å²) in [5.41, 5.74) is 2.37. The fourth-order valence-electron chi connectivity index (χ4n) is 4.19. The van der Waals surface area contributed by atoms with Crippen LogP contribution in [0, 0.1) is 5.92 Å². The van der Waals surface area contributed by atoms with E-state index in [1.54, 1.807) is 6.07 Å². The maximum Gasteiger partial charge on any atom is 0.346 e. The summed E-state index contributed by atoms with van der Waals surface area (Å²) in [6.07, 6.45) is 1.18. The first kappa shape index (κ1) is 16.3. The standard InChI is InChI=1S/C19H20O6/c1-19(2)6-5-12(21)15-11(19)4-3-10-14(15)18(23)25-17(22)13-9(7-20)8-24-16(10)13/h3-4,8,12-13,16,20-21H,5-7H2,1-2H3. The van der Waals surface area contributed by atoms with Gasteiger partial charge in [0.1, 0.15) is 12.0 Å². The Morgan fingerprint density at radius 1 is 1.28 bits per heavy atom. The fourth-order valence-corrected chi connectivity index (χ4v) is 4.19. The average molecular weight is 344 g/mol. The van der Waals surface area contributed by atoms with Crippen molar-refractivity contribution in [2.75, 3.05) is 6.61 Å². The van der Waals surface area contributed by atoms with Gasteiger partial charge in [0.2, 0.25) is 0 Å². The molecule has 0 radical (unpaired) electrons. The number of carbonyl (C=O) groups is 2. The zero-order valence-corrected chi connectivity index (χ0v) is 14.1. The Morgan fingerprint density at radius 2 is 2.04 bits per heavy atom. The molecule has 0 fully saturated rings. The Kier molecular flexibility index (Phi) is 3.53. The zero-order chi connectivity index (χ0) is 17.9. The maximum atomic E-state index is 12.7. The predicted octanol–water partition coefficient (Wildman–Crippen LogP) is 2.05. The summed E-state index contributed by atoms with van der Waals surface area (Å²) in [4.78, 5) is 25.1. The SMILES string of the molecule is CC1(C)CCC(O)c2c1ccc1c2C(=O)OC(=O)C2C(CO)=COC12. The highest BCUT2D eigenvalue weighted by atomic mass is 16.6. The number of cyclic esters (lactones) is 2. The average Bonchev–Trinajstić information content (AvgIpc) is 2.97. The van der Waals surface area contributed by atoms with E-state index in [9.17, 15) is 19.8 Å². The second-order valence-corrected chi connectivity index (χ2v) is 7.52. The molecule has 1 aromatic carbocycles. The van der Waals surface area contributed by atoms with Crippen molar-refractivity contribution in [3.8, 4) is 0 Å². The molecule has 6 nitrogen and oxygen atoms in total. The number of aliphatic hydroxyl groups is 2. The summed E-state index contributed by atoms with van der Waals surface area (Å²) >= 11 is 0. The molecule has 0 amide bonds. The molecule has 2 aliphatic heterocycles. The van der Waals surface area contributed by atoms with Crippen LogP contribution in [-0.4, -0.2) is 28.8 Å². The number of esters is 2. The normalized spacial score (nSPS) is 29.6. The number of benzene rings is 1. The van der Waals surface area contributed by atoms with Crippen molar-refractivity contribution in [2.24, 2.45) is 5.92 Å². The molecule has 25 heavy (non-hydrogen) atoms. The molecule has 4 rings (SSSR count). The Balaban J connectivity index is 1.95. The lowest BCUT2D eigenvalue weighted by Crippen LogP contribution is -2.29. The van der Waals surface area contributed by atoms with Crippen LogP contribution in [0.1, 0.15) is 65.9 Å². The van der Waals surface area contributed by atoms with Crippen LogP contribution in [0.2, 0.25) is 0 Å². The van der Waals surface area contributed by atoms with E-state index < -0.39 is 30.1 Å². The van der Waals surface area contributed by atoms with E-state index in [2.05, 4.69) is 13.8 Å². The minimum Gasteiger partial charge on any atom is -0.492 e. The highest BCUT2D eigenvalue weighted by molar-refractivity contribution is 6.02. The van der Waals surface area contributed by atoms with E-state index in [1.165, 1.54) is 6.26 Å². The van der Waals surface area contributed by atoms with Crippen LogP contribution in [0.4, 0.5) is 0 Å². The van der Waals surface area contributed by atoms with Crippen LogP contribution in [0.25, 0.3) is 0 Å². The molecule has 3 aliphatic rings. The molecule has 0 spiro atoms. The van der Waals surface area contributed by atoms with Crippen molar-refractivity contribution in [3.05, 3.63) is 46.2 Å².